The van der Waals surface area contributed by atoms with Gasteiger partial charge in [0.25, 0.3) is 11.8 Å². The average molecular weight is 951 g/mol. The third-order valence-corrected chi connectivity index (χ3v) is 11.6. The number of amides is 2. The number of nitrogens with one attached hydrogen (secondary N) is 2. The highest BCUT2D eigenvalue weighted by atomic mass is 19.4. The number of carbonyl (C=O) groups is 3. The molecule has 13 nitrogen and oxygen atoms in total. The molecule has 8 rings (SSSR count). The number of aromatic nitrogens is 2. The highest BCUT2D eigenvalue weighted by Gasteiger charge is 2.31. The second kappa shape index (κ2) is 22.2. The summed E-state index contributed by atoms with van der Waals surface area (Å²) in [6.45, 7) is 5.58. The van der Waals surface area contributed by atoms with Crippen LogP contribution < -0.4 is 15.4 Å². The van der Waals surface area contributed by atoms with Crippen LogP contribution in [0.15, 0.2) is 106 Å². The molecular weight excluding hydrogens is 906 g/mol. The lowest BCUT2D eigenvalue weighted by atomic mass is 9.96. The average Bonchev–Trinajstić information content (AvgIpc) is 4.01. The monoisotopic (exact) mass is 950 g/mol. The standard InChI is InChI=1S/C24H22F5N3O3.C24H23F2N3O4/c25-17-3-6-19(20(26)11-17)22-12-21(31-35-22)23(33)30-13-15-7-9-32(10-8-15)14-16-1-4-18(5-2-16)34-24(27,28)29;25-18-5-6-19(20(26)11-18)22-12-21(28-33-22)23(30)27-13-15-7-9-29(10-8-15)14-16-1-3-17(4-2-16)24(31)32/h1-6,11-12,15H,7-10,13-14H2,(H,30,33);1-6,11-12,15H,7-10,13-14H2,(H,27,30)(H,31,32). The summed E-state index contributed by atoms with van der Waals surface area (Å²) in [5, 5.41) is 22.0. The lowest BCUT2D eigenvalue weighted by Crippen LogP contribution is -2.38. The Bertz CT molecular complexity index is 2660. The molecule has 0 saturated carbocycles. The molecule has 0 spiro atoms. The lowest BCUT2D eigenvalue weighted by molar-refractivity contribution is -0.274. The predicted molar refractivity (Wildman–Crippen MR) is 231 cm³/mol. The van der Waals surface area contributed by atoms with Crippen LogP contribution in [0.4, 0.5) is 30.7 Å². The Hall–Kier alpha value is -7.06. The SMILES string of the molecule is O=C(NCC1CCN(Cc2ccc(OC(F)(F)F)cc2)CC1)c1cc(-c2ccc(F)cc2F)on1.O=C(O)c1ccc(CN2CCC(CNC(=O)c3cc(-c4ccc(F)cc4F)on3)CC2)cc1. The van der Waals surface area contributed by atoms with E-state index in [0.29, 0.717) is 25.6 Å². The molecule has 68 heavy (non-hydrogen) atoms. The van der Waals surface area contributed by atoms with Gasteiger partial charge < -0.3 is 29.5 Å². The van der Waals surface area contributed by atoms with Gasteiger partial charge in [-0.2, -0.15) is 0 Å². The molecular formula is C48H45F7N6O7. The van der Waals surface area contributed by atoms with Crippen molar-refractivity contribution >= 4 is 17.8 Å². The minimum atomic E-state index is -4.71. The molecule has 0 aliphatic carbocycles. The summed E-state index contributed by atoms with van der Waals surface area (Å²) in [4.78, 5) is 40.3. The summed E-state index contributed by atoms with van der Waals surface area (Å²) >= 11 is 0. The number of carboxylic acid groups (broad SMARTS) is 1. The van der Waals surface area contributed by atoms with Crippen LogP contribution in [0, 0.1) is 35.1 Å². The van der Waals surface area contributed by atoms with Gasteiger partial charge in [-0.25, -0.2) is 22.4 Å². The van der Waals surface area contributed by atoms with Crippen LogP contribution >= 0.6 is 0 Å². The smallest absolute Gasteiger partial charge is 0.478 e. The summed E-state index contributed by atoms with van der Waals surface area (Å²) < 4.78 is 105. The fourth-order valence-corrected chi connectivity index (χ4v) is 7.82. The number of carbonyl (C=O) groups excluding carboxylic acids is 2. The normalized spacial score (nSPS) is 15.0. The third-order valence-electron chi connectivity index (χ3n) is 11.6. The van der Waals surface area contributed by atoms with Crippen molar-refractivity contribution < 1.29 is 64.0 Å². The molecule has 2 aliphatic rings. The van der Waals surface area contributed by atoms with Crippen molar-refractivity contribution in [1.82, 2.24) is 30.7 Å². The number of halogens is 7. The Balaban J connectivity index is 0.000000202. The van der Waals surface area contributed by atoms with Crippen molar-refractivity contribution in [3.05, 3.63) is 148 Å². The molecule has 2 aliphatic heterocycles. The Morgan fingerprint density at radius 2 is 1.03 bits per heavy atom. The minimum absolute atomic E-state index is 0.000824. The number of alkyl halides is 3. The van der Waals surface area contributed by atoms with Gasteiger partial charge in [-0.15, -0.1) is 13.2 Å². The first kappa shape index (κ1) is 48.9. The van der Waals surface area contributed by atoms with Crippen LogP contribution in [0.1, 0.15) is 68.1 Å². The highest BCUT2D eigenvalue weighted by Crippen LogP contribution is 2.28. The fourth-order valence-electron chi connectivity index (χ4n) is 7.82. The van der Waals surface area contributed by atoms with Gasteiger partial charge in [-0.1, -0.05) is 34.6 Å². The summed E-state index contributed by atoms with van der Waals surface area (Å²) in [5.74, 6) is -4.42. The Morgan fingerprint density at radius 3 is 1.41 bits per heavy atom. The molecule has 2 saturated heterocycles. The number of carboxylic acids is 1. The number of ether oxygens (including phenoxy) is 1. The van der Waals surface area contributed by atoms with Crippen molar-refractivity contribution in [1.29, 1.82) is 0 Å². The fraction of sp³-hybridized carbons (Fsp3) is 0.312. The summed E-state index contributed by atoms with van der Waals surface area (Å²) in [5.41, 5.74) is 2.29. The van der Waals surface area contributed by atoms with Crippen molar-refractivity contribution in [2.24, 2.45) is 11.8 Å². The lowest BCUT2D eigenvalue weighted by Gasteiger charge is -2.32. The molecule has 0 unspecified atom stereocenters. The van der Waals surface area contributed by atoms with Gasteiger partial charge in [0.2, 0.25) is 0 Å². The molecule has 2 fully saturated rings. The number of nitrogens with zero attached hydrogens (tertiary/aromatic N) is 4. The van der Waals surface area contributed by atoms with Crippen molar-refractivity contribution in [3.8, 4) is 28.4 Å². The first-order valence-electron chi connectivity index (χ1n) is 21.6. The van der Waals surface area contributed by atoms with Crippen LogP contribution in [0.25, 0.3) is 22.6 Å². The molecule has 2 amide bonds. The number of likely N-dealkylation sites (tertiary alicyclic amines) is 2. The molecule has 0 bridgehead atoms. The highest BCUT2D eigenvalue weighted by molar-refractivity contribution is 5.93. The van der Waals surface area contributed by atoms with Crippen molar-refractivity contribution in [2.75, 3.05) is 39.3 Å². The van der Waals surface area contributed by atoms with E-state index >= 15 is 0 Å². The van der Waals surface area contributed by atoms with Crippen molar-refractivity contribution in [2.45, 2.75) is 45.1 Å². The van der Waals surface area contributed by atoms with E-state index in [4.69, 9.17) is 14.2 Å². The Kier molecular flexibility index (Phi) is 15.9. The van der Waals surface area contributed by atoms with Gasteiger partial charge in [0, 0.05) is 50.4 Å². The second-order valence-electron chi connectivity index (χ2n) is 16.5. The number of rotatable bonds is 14. The van der Waals surface area contributed by atoms with Crippen LogP contribution in [0.5, 0.6) is 5.75 Å². The second-order valence-corrected chi connectivity index (χ2v) is 16.5. The van der Waals surface area contributed by atoms with Crippen LogP contribution in [0.2, 0.25) is 0 Å². The van der Waals surface area contributed by atoms with Crippen molar-refractivity contribution in [3.63, 3.8) is 0 Å². The molecule has 0 radical (unpaired) electrons. The topological polar surface area (TPSA) is 163 Å². The van der Waals surface area contributed by atoms with E-state index in [2.05, 4.69) is 35.5 Å². The Morgan fingerprint density at radius 1 is 0.618 bits per heavy atom. The van der Waals surface area contributed by atoms with Crippen LogP contribution in [-0.2, 0) is 13.1 Å². The summed E-state index contributed by atoms with van der Waals surface area (Å²) in [7, 11) is 0. The number of hydrogen-bond donors (Lipinski definition) is 3. The van der Waals surface area contributed by atoms with E-state index in [1.165, 1.54) is 36.4 Å². The molecule has 4 aromatic carbocycles. The summed E-state index contributed by atoms with van der Waals surface area (Å²) in [6, 6.07) is 21.5. The number of benzene rings is 4. The number of aromatic carboxylic acids is 1. The molecule has 4 heterocycles. The maximum atomic E-state index is 13.9. The zero-order valence-electron chi connectivity index (χ0n) is 36.2. The molecule has 6 aromatic rings. The zero-order valence-corrected chi connectivity index (χ0v) is 36.2. The molecule has 2 aromatic heterocycles. The maximum absolute atomic E-state index is 13.9. The van der Waals surface area contributed by atoms with E-state index in [1.54, 1.807) is 24.3 Å². The number of hydrogen-bond acceptors (Lipinski definition) is 10. The number of piperidine rings is 2. The van der Waals surface area contributed by atoms with E-state index in [9.17, 15) is 45.1 Å². The van der Waals surface area contributed by atoms with E-state index in [-0.39, 0.29) is 51.3 Å². The molecule has 20 heteroatoms. The maximum Gasteiger partial charge on any atom is 0.573 e. The van der Waals surface area contributed by atoms with Gasteiger partial charge in [0.05, 0.1) is 16.7 Å². The van der Waals surface area contributed by atoms with Gasteiger partial charge in [0.1, 0.15) is 29.0 Å². The van der Waals surface area contributed by atoms with E-state index in [1.807, 2.05) is 12.1 Å². The molecule has 358 valence electrons. The zero-order chi connectivity index (χ0) is 48.4. The van der Waals surface area contributed by atoms with Crippen LogP contribution in [0.3, 0.4) is 0 Å². The quantitative estimate of drug-likeness (QED) is 0.0893. The van der Waals surface area contributed by atoms with Gasteiger partial charge in [-0.3, -0.25) is 19.4 Å². The predicted octanol–water partition coefficient (Wildman–Crippen LogP) is 9.12. The minimum Gasteiger partial charge on any atom is -0.478 e. The largest absolute Gasteiger partial charge is 0.573 e. The first-order chi connectivity index (χ1) is 32.5. The Labute approximate surface area is 384 Å². The first-order valence-corrected chi connectivity index (χ1v) is 21.6. The van der Waals surface area contributed by atoms with Gasteiger partial charge in [0.15, 0.2) is 22.9 Å². The molecule has 3 N–H and O–H groups in total. The summed E-state index contributed by atoms with van der Waals surface area (Å²) in [6.07, 6.45) is -1.22. The van der Waals surface area contributed by atoms with E-state index < -0.39 is 47.4 Å². The van der Waals surface area contributed by atoms with Crippen LogP contribution in [-0.4, -0.2) is 88.6 Å². The third kappa shape index (κ3) is 13.8. The molecule has 0 atom stereocenters. The van der Waals surface area contributed by atoms with Gasteiger partial charge >= 0.3 is 12.3 Å². The van der Waals surface area contributed by atoms with Gasteiger partial charge in [-0.05, 0) is 123 Å². The van der Waals surface area contributed by atoms with E-state index in [0.717, 1.165) is 93.8 Å².